The molecule has 0 aliphatic rings. The molecule has 2 aromatic rings. The Morgan fingerprint density at radius 2 is 1.73 bits per heavy atom. The SMILES string of the molecule is CCN(C(=O)COc1cc(C)c(Cl)c(C)c1)c1ccccc1. The highest BCUT2D eigenvalue weighted by Crippen LogP contribution is 2.26. The number of ether oxygens (including phenoxy) is 1. The van der Waals surface area contributed by atoms with Gasteiger partial charge in [-0.15, -0.1) is 0 Å². The number of aryl methyl sites for hydroxylation is 2. The van der Waals surface area contributed by atoms with Gasteiger partial charge < -0.3 is 9.64 Å². The maximum atomic E-state index is 12.4. The standard InChI is InChI=1S/C18H20ClNO2/c1-4-20(15-8-6-5-7-9-15)17(21)12-22-16-10-13(2)18(19)14(3)11-16/h5-11H,4,12H2,1-3H3. The summed E-state index contributed by atoms with van der Waals surface area (Å²) in [6, 6.07) is 13.3. The van der Waals surface area contributed by atoms with Crippen LogP contribution < -0.4 is 9.64 Å². The van der Waals surface area contributed by atoms with Crippen LogP contribution in [0, 0.1) is 13.8 Å². The van der Waals surface area contributed by atoms with Crippen LogP contribution in [0.1, 0.15) is 18.1 Å². The Hall–Kier alpha value is -2.00. The number of benzene rings is 2. The van der Waals surface area contributed by atoms with E-state index < -0.39 is 0 Å². The number of carbonyl (C=O) groups excluding carboxylic acids is 1. The molecule has 0 unspecified atom stereocenters. The summed E-state index contributed by atoms with van der Waals surface area (Å²) in [5, 5.41) is 0.734. The maximum Gasteiger partial charge on any atom is 0.264 e. The molecule has 0 aliphatic carbocycles. The van der Waals surface area contributed by atoms with Crippen molar-refractivity contribution in [1.29, 1.82) is 0 Å². The number of likely N-dealkylation sites (N-methyl/N-ethyl adjacent to an activating group) is 1. The van der Waals surface area contributed by atoms with Gasteiger partial charge in [-0.05, 0) is 56.2 Å². The van der Waals surface area contributed by atoms with Crippen molar-refractivity contribution in [2.45, 2.75) is 20.8 Å². The molecule has 3 nitrogen and oxygen atoms in total. The summed E-state index contributed by atoms with van der Waals surface area (Å²) in [6.07, 6.45) is 0. The van der Waals surface area contributed by atoms with Crippen molar-refractivity contribution in [2.75, 3.05) is 18.1 Å². The topological polar surface area (TPSA) is 29.5 Å². The van der Waals surface area contributed by atoms with E-state index in [0.29, 0.717) is 12.3 Å². The van der Waals surface area contributed by atoms with Crippen LogP contribution in [0.2, 0.25) is 5.02 Å². The third kappa shape index (κ3) is 3.80. The second-order valence-electron chi connectivity index (χ2n) is 5.13. The summed E-state index contributed by atoms with van der Waals surface area (Å²) >= 11 is 6.13. The van der Waals surface area contributed by atoms with Crippen molar-refractivity contribution in [2.24, 2.45) is 0 Å². The van der Waals surface area contributed by atoms with Crippen LogP contribution in [0.3, 0.4) is 0 Å². The summed E-state index contributed by atoms with van der Waals surface area (Å²) < 4.78 is 5.64. The molecule has 0 saturated heterocycles. The zero-order valence-corrected chi connectivity index (χ0v) is 13.9. The molecule has 0 saturated carbocycles. The first kappa shape index (κ1) is 16.4. The first-order valence-electron chi connectivity index (χ1n) is 7.28. The second-order valence-corrected chi connectivity index (χ2v) is 5.51. The molecular formula is C18H20ClNO2. The molecule has 0 bridgehead atoms. The van der Waals surface area contributed by atoms with Crippen LogP contribution in [0.15, 0.2) is 42.5 Å². The lowest BCUT2D eigenvalue weighted by Gasteiger charge is -2.21. The van der Waals surface area contributed by atoms with Crippen molar-refractivity contribution in [1.82, 2.24) is 0 Å². The van der Waals surface area contributed by atoms with Gasteiger partial charge in [-0.2, -0.15) is 0 Å². The number of rotatable bonds is 5. The quantitative estimate of drug-likeness (QED) is 0.818. The van der Waals surface area contributed by atoms with E-state index in [1.807, 2.05) is 63.2 Å². The highest BCUT2D eigenvalue weighted by atomic mass is 35.5. The average Bonchev–Trinajstić information content (AvgIpc) is 2.52. The fourth-order valence-corrected chi connectivity index (χ4v) is 2.43. The predicted octanol–water partition coefficient (Wildman–Crippen LogP) is 4.39. The van der Waals surface area contributed by atoms with E-state index in [1.165, 1.54) is 0 Å². The van der Waals surface area contributed by atoms with Crippen LogP contribution in [-0.4, -0.2) is 19.1 Å². The lowest BCUT2D eigenvalue weighted by atomic mass is 10.1. The van der Waals surface area contributed by atoms with E-state index in [0.717, 1.165) is 21.8 Å². The third-order valence-corrected chi connectivity index (χ3v) is 4.05. The van der Waals surface area contributed by atoms with E-state index in [4.69, 9.17) is 16.3 Å². The van der Waals surface area contributed by atoms with Crippen LogP contribution >= 0.6 is 11.6 Å². The Bertz CT molecular complexity index is 632. The molecular weight excluding hydrogens is 298 g/mol. The highest BCUT2D eigenvalue weighted by Gasteiger charge is 2.14. The van der Waals surface area contributed by atoms with Gasteiger partial charge in [0.2, 0.25) is 0 Å². The molecule has 116 valence electrons. The molecule has 0 spiro atoms. The zero-order valence-electron chi connectivity index (χ0n) is 13.1. The van der Waals surface area contributed by atoms with Crippen molar-refractivity contribution in [3.05, 3.63) is 58.6 Å². The number of anilines is 1. The van der Waals surface area contributed by atoms with Crippen LogP contribution in [0.4, 0.5) is 5.69 Å². The van der Waals surface area contributed by atoms with Gasteiger partial charge in [0, 0.05) is 17.3 Å². The fourth-order valence-electron chi connectivity index (χ4n) is 2.32. The normalized spacial score (nSPS) is 10.4. The highest BCUT2D eigenvalue weighted by molar-refractivity contribution is 6.32. The van der Waals surface area contributed by atoms with Crippen LogP contribution in [0.25, 0.3) is 0 Å². The second kappa shape index (κ2) is 7.32. The minimum Gasteiger partial charge on any atom is -0.484 e. The van der Waals surface area contributed by atoms with Crippen molar-refractivity contribution in [3.8, 4) is 5.75 Å². The Morgan fingerprint density at radius 3 is 2.27 bits per heavy atom. The lowest BCUT2D eigenvalue weighted by molar-refractivity contribution is -0.120. The van der Waals surface area contributed by atoms with Gasteiger partial charge in [0.15, 0.2) is 6.61 Å². The molecule has 22 heavy (non-hydrogen) atoms. The number of nitrogens with zero attached hydrogens (tertiary/aromatic N) is 1. The summed E-state index contributed by atoms with van der Waals surface area (Å²) in [7, 11) is 0. The molecule has 0 radical (unpaired) electrons. The van der Waals surface area contributed by atoms with E-state index >= 15 is 0 Å². The maximum absolute atomic E-state index is 12.4. The molecule has 4 heteroatoms. The Morgan fingerprint density at radius 1 is 1.14 bits per heavy atom. The molecule has 1 amide bonds. The Balaban J connectivity index is 2.06. The summed E-state index contributed by atoms with van der Waals surface area (Å²) in [4.78, 5) is 14.1. The average molecular weight is 318 g/mol. The van der Waals surface area contributed by atoms with Gasteiger partial charge in [-0.3, -0.25) is 4.79 Å². The molecule has 2 aromatic carbocycles. The molecule has 0 atom stereocenters. The molecule has 0 aromatic heterocycles. The van der Waals surface area contributed by atoms with Crippen LogP contribution in [-0.2, 0) is 4.79 Å². The minimum absolute atomic E-state index is 0.00322. The predicted molar refractivity (Wildman–Crippen MR) is 90.9 cm³/mol. The monoisotopic (exact) mass is 317 g/mol. The molecule has 2 rings (SSSR count). The summed E-state index contributed by atoms with van der Waals surface area (Å²) in [5.41, 5.74) is 2.76. The van der Waals surface area contributed by atoms with Gasteiger partial charge in [-0.25, -0.2) is 0 Å². The van der Waals surface area contributed by atoms with Gasteiger partial charge in [-0.1, -0.05) is 29.8 Å². The Labute approximate surface area is 136 Å². The number of halogens is 1. The van der Waals surface area contributed by atoms with Crippen molar-refractivity contribution >= 4 is 23.2 Å². The summed E-state index contributed by atoms with van der Waals surface area (Å²) in [5.74, 6) is 0.593. The molecule has 0 N–H and O–H groups in total. The molecule has 0 fully saturated rings. The minimum atomic E-state index is -0.0704. The van der Waals surface area contributed by atoms with Crippen LogP contribution in [0.5, 0.6) is 5.75 Å². The van der Waals surface area contributed by atoms with Crippen molar-refractivity contribution in [3.63, 3.8) is 0 Å². The number of amides is 1. The van der Waals surface area contributed by atoms with E-state index in [9.17, 15) is 4.79 Å². The smallest absolute Gasteiger partial charge is 0.264 e. The summed E-state index contributed by atoms with van der Waals surface area (Å²) in [6.45, 7) is 6.40. The number of hydrogen-bond donors (Lipinski definition) is 0. The lowest BCUT2D eigenvalue weighted by Crippen LogP contribution is -2.34. The third-order valence-electron chi connectivity index (χ3n) is 3.46. The number of carbonyl (C=O) groups is 1. The largest absolute Gasteiger partial charge is 0.484 e. The van der Waals surface area contributed by atoms with Gasteiger partial charge in [0.05, 0.1) is 0 Å². The Kier molecular flexibility index (Phi) is 5.45. The van der Waals surface area contributed by atoms with E-state index in [1.54, 1.807) is 4.90 Å². The first-order chi connectivity index (χ1) is 10.5. The number of para-hydroxylation sites is 1. The van der Waals surface area contributed by atoms with Crippen molar-refractivity contribution < 1.29 is 9.53 Å². The zero-order chi connectivity index (χ0) is 16.1. The fraction of sp³-hybridized carbons (Fsp3) is 0.278. The molecule has 0 heterocycles. The number of hydrogen-bond acceptors (Lipinski definition) is 2. The van der Waals surface area contributed by atoms with Gasteiger partial charge >= 0.3 is 0 Å². The first-order valence-corrected chi connectivity index (χ1v) is 7.65. The molecule has 0 aliphatic heterocycles. The van der Waals surface area contributed by atoms with Gasteiger partial charge in [0.25, 0.3) is 5.91 Å². The van der Waals surface area contributed by atoms with E-state index in [-0.39, 0.29) is 12.5 Å². The van der Waals surface area contributed by atoms with E-state index in [2.05, 4.69) is 0 Å². The van der Waals surface area contributed by atoms with Gasteiger partial charge in [0.1, 0.15) is 5.75 Å².